The van der Waals surface area contributed by atoms with E-state index in [4.69, 9.17) is 4.74 Å². The highest BCUT2D eigenvalue weighted by atomic mass is 16.6. The second kappa shape index (κ2) is 7.72. The molecule has 3 heterocycles. The number of cyclic esters (lactones) is 1. The number of anilines is 1. The Morgan fingerprint density at radius 1 is 1.06 bits per heavy atom. The molecule has 2 atom stereocenters. The van der Waals surface area contributed by atoms with Gasteiger partial charge in [0.05, 0.1) is 18.0 Å². The lowest BCUT2D eigenvalue weighted by Gasteiger charge is -2.34. The normalized spacial score (nSPS) is 24.5. The van der Waals surface area contributed by atoms with E-state index in [2.05, 4.69) is 17.4 Å². The van der Waals surface area contributed by atoms with Crippen LogP contribution < -0.4 is 5.32 Å². The van der Waals surface area contributed by atoms with E-state index >= 15 is 0 Å². The summed E-state index contributed by atoms with van der Waals surface area (Å²) in [6.07, 6.45) is 1.55. The average molecular weight is 419 g/mol. The maximum absolute atomic E-state index is 13.3. The monoisotopic (exact) mass is 419 g/mol. The Hall–Kier alpha value is -3.35. The van der Waals surface area contributed by atoms with Crippen molar-refractivity contribution >= 4 is 23.6 Å². The minimum atomic E-state index is -0.757. The molecule has 0 unspecified atom stereocenters. The topological polar surface area (TPSA) is 79.0 Å². The molecule has 0 saturated carbocycles. The predicted molar refractivity (Wildman–Crippen MR) is 115 cm³/mol. The Balaban J connectivity index is 1.46. The summed E-state index contributed by atoms with van der Waals surface area (Å²) < 4.78 is 4.97. The zero-order valence-corrected chi connectivity index (χ0v) is 17.3. The van der Waals surface area contributed by atoms with E-state index in [9.17, 15) is 14.4 Å². The number of para-hydroxylation sites is 1. The molecule has 1 spiro atoms. The molecular weight excluding hydrogens is 394 g/mol. The molecule has 31 heavy (non-hydrogen) atoms. The first-order valence-electron chi connectivity index (χ1n) is 10.8. The summed E-state index contributed by atoms with van der Waals surface area (Å²) in [5, 5.41) is 3.04. The number of nitrogens with zero attached hydrogens (tertiary/aromatic N) is 2. The van der Waals surface area contributed by atoms with Gasteiger partial charge in [-0.25, -0.2) is 4.79 Å². The highest BCUT2D eigenvalue weighted by Crippen LogP contribution is 2.49. The minimum absolute atomic E-state index is 0.0139. The van der Waals surface area contributed by atoms with E-state index in [0.717, 1.165) is 17.7 Å². The molecular formula is C24H25N3O4. The number of amides is 3. The first-order chi connectivity index (χ1) is 15.1. The standard InChI is InChI=1S/C24H25N3O4/c28-21(16-26-14-15-31-23(26)30)27-13-12-24(18-8-4-5-9-19(18)25-22(24)29)20(27)11-10-17-6-2-1-3-7-17/h1-9,20H,10-16H2,(H,25,29)/t20-,24+/m0/s1. The number of fused-ring (bicyclic) bond motifs is 2. The number of carbonyl (C=O) groups is 3. The van der Waals surface area contributed by atoms with Crippen molar-refractivity contribution in [1.29, 1.82) is 0 Å². The van der Waals surface area contributed by atoms with Gasteiger partial charge in [0.15, 0.2) is 0 Å². The van der Waals surface area contributed by atoms with Crippen molar-refractivity contribution in [2.24, 2.45) is 0 Å². The fourth-order valence-corrected chi connectivity index (χ4v) is 5.27. The van der Waals surface area contributed by atoms with Crippen molar-refractivity contribution in [1.82, 2.24) is 9.80 Å². The van der Waals surface area contributed by atoms with Crippen LogP contribution in [0.1, 0.15) is 24.0 Å². The predicted octanol–water partition coefficient (Wildman–Crippen LogP) is 2.56. The van der Waals surface area contributed by atoms with Crippen molar-refractivity contribution in [2.45, 2.75) is 30.7 Å². The van der Waals surface area contributed by atoms with Crippen LogP contribution in [0.5, 0.6) is 0 Å². The average Bonchev–Trinajstić information content (AvgIpc) is 3.45. The zero-order valence-electron chi connectivity index (χ0n) is 17.3. The molecule has 2 aromatic rings. The van der Waals surface area contributed by atoms with Gasteiger partial charge >= 0.3 is 6.09 Å². The van der Waals surface area contributed by atoms with Crippen molar-refractivity contribution in [3.8, 4) is 0 Å². The quantitative estimate of drug-likeness (QED) is 0.808. The van der Waals surface area contributed by atoms with E-state index < -0.39 is 11.5 Å². The van der Waals surface area contributed by atoms with Gasteiger partial charge < -0.3 is 15.0 Å². The summed E-state index contributed by atoms with van der Waals surface area (Å²) in [6, 6.07) is 17.6. The third-order valence-corrected chi connectivity index (χ3v) is 6.79. The fraction of sp³-hybridized carbons (Fsp3) is 0.375. The molecule has 0 aliphatic carbocycles. The van der Waals surface area contributed by atoms with Crippen molar-refractivity contribution < 1.29 is 19.1 Å². The summed E-state index contributed by atoms with van der Waals surface area (Å²) >= 11 is 0. The summed E-state index contributed by atoms with van der Waals surface area (Å²) in [5.41, 5.74) is 2.21. The molecule has 3 aliphatic rings. The second-order valence-electron chi connectivity index (χ2n) is 8.38. The Morgan fingerprint density at radius 3 is 2.61 bits per heavy atom. The molecule has 3 aliphatic heterocycles. The molecule has 3 amide bonds. The molecule has 2 aromatic carbocycles. The van der Waals surface area contributed by atoms with Crippen LogP contribution in [0, 0.1) is 0 Å². The molecule has 0 aromatic heterocycles. The lowest BCUT2D eigenvalue weighted by Crippen LogP contribution is -2.51. The van der Waals surface area contributed by atoms with Gasteiger partial charge in [-0.1, -0.05) is 48.5 Å². The molecule has 2 saturated heterocycles. The van der Waals surface area contributed by atoms with Crippen molar-refractivity contribution in [2.75, 3.05) is 31.6 Å². The molecule has 5 rings (SSSR count). The van der Waals surface area contributed by atoms with E-state index in [1.165, 1.54) is 10.5 Å². The summed E-state index contributed by atoms with van der Waals surface area (Å²) in [4.78, 5) is 41.7. The smallest absolute Gasteiger partial charge is 0.410 e. The van der Waals surface area contributed by atoms with Crippen LogP contribution in [0.15, 0.2) is 54.6 Å². The highest BCUT2D eigenvalue weighted by molar-refractivity contribution is 6.07. The molecule has 0 radical (unpaired) electrons. The number of likely N-dealkylation sites (tertiary alicyclic amines) is 1. The molecule has 0 bridgehead atoms. The Morgan fingerprint density at radius 2 is 1.84 bits per heavy atom. The highest BCUT2D eigenvalue weighted by Gasteiger charge is 2.58. The van der Waals surface area contributed by atoms with Gasteiger partial charge in [0.1, 0.15) is 13.2 Å². The van der Waals surface area contributed by atoms with Gasteiger partial charge in [0.2, 0.25) is 11.8 Å². The maximum atomic E-state index is 13.3. The van der Waals surface area contributed by atoms with Crippen LogP contribution in [0.3, 0.4) is 0 Å². The number of ether oxygens (including phenoxy) is 1. The fourth-order valence-electron chi connectivity index (χ4n) is 5.27. The van der Waals surface area contributed by atoms with Crippen LogP contribution in [0.2, 0.25) is 0 Å². The van der Waals surface area contributed by atoms with Crippen molar-refractivity contribution in [3.63, 3.8) is 0 Å². The summed E-state index contributed by atoms with van der Waals surface area (Å²) in [7, 11) is 0. The lowest BCUT2D eigenvalue weighted by atomic mass is 9.73. The third kappa shape index (κ3) is 3.24. The Bertz CT molecular complexity index is 1020. The van der Waals surface area contributed by atoms with Crippen LogP contribution in [-0.4, -0.2) is 60.0 Å². The van der Waals surface area contributed by atoms with E-state index in [1.54, 1.807) is 0 Å². The van der Waals surface area contributed by atoms with Crippen LogP contribution in [-0.2, 0) is 26.2 Å². The third-order valence-electron chi connectivity index (χ3n) is 6.79. The van der Waals surface area contributed by atoms with Crippen LogP contribution in [0.25, 0.3) is 0 Å². The van der Waals surface area contributed by atoms with Gasteiger partial charge in [-0.3, -0.25) is 14.5 Å². The van der Waals surface area contributed by atoms with E-state index in [-0.39, 0.29) is 24.4 Å². The van der Waals surface area contributed by atoms with Gasteiger partial charge in [-0.05, 0) is 36.5 Å². The van der Waals surface area contributed by atoms with Gasteiger partial charge in [0.25, 0.3) is 0 Å². The zero-order chi connectivity index (χ0) is 21.4. The molecule has 160 valence electrons. The minimum Gasteiger partial charge on any atom is -0.448 e. The number of benzene rings is 2. The van der Waals surface area contributed by atoms with Gasteiger partial charge in [0, 0.05) is 12.2 Å². The van der Waals surface area contributed by atoms with Gasteiger partial charge in [-0.15, -0.1) is 0 Å². The maximum Gasteiger partial charge on any atom is 0.410 e. The largest absolute Gasteiger partial charge is 0.448 e. The number of rotatable bonds is 5. The molecule has 7 heteroatoms. The summed E-state index contributed by atoms with van der Waals surface area (Å²) in [5.74, 6) is -0.173. The number of aryl methyl sites for hydroxylation is 1. The first-order valence-corrected chi connectivity index (χ1v) is 10.8. The Kier molecular flexibility index (Phi) is 4.88. The SMILES string of the molecule is O=C1OCCN1CC(=O)N1CC[C@]2(C(=O)Nc3ccccc32)[C@@H]1CCc1ccccc1. The number of nitrogens with one attached hydrogen (secondary N) is 1. The molecule has 1 N–H and O–H groups in total. The van der Waals surface area contributed by atoms with Crippen LogP contribution in [0.4, 0.5) is 10.5 Å². The van der Waals surface area contributed by atoms with Crippen LogP contribution >= 0.6 is 0 Å². The summed E-state index contributed by atoms with van der Waals surface area (Å²) in [6.45, 7) is 1.20. The number of carbonyl (C=O) groups excluding carboxylic acids is 3. The second-order valence-corrected chi connectivity index (χ2v) is 8.38. The van der Waals surface area contributed by atoms with E-state index in [0.29, 0.717) is 32.5 Å². The van der Waals surface area contributed by atoms with Crippen molar-refractivity contribution in [3.05, 3.63) is 65.7 Å². The molecule has 7 nitrogen and oxygen atoms in total. The Labute approximate surface area is 181 Å². The molecule has 2 fully saturated rings. The van der Waals surface area contributed by atoms with E-state index in [1.807, 2.05) is 47.4 Å². The number of hydrogen-bond acceptors (Lipinski definition) is 4. The lowest BCUT2D eigenvalue weighted by molar-refractivity contribution is -0.134. The first kappa shape index (κ1) is 19.6. The number of hydrogen-bond donors (Lipinski definition) is 1. The van der Waals surface area contributed by atoms with Gasteiger partial charge in [-0.2, -0.15) is 0 Å².